The number of hydrogen-bond acceptors (Lipinski definition) is 5. The lowest BCUT2D eigenvalue weighted by Gasteiger charge is -2.30. The van der Waals surface area contributed by atoms with Gasteiger partial charge in [0.15, 0.2) is 0 Å². The zero-order valence-electron chi connectivity index (χ0n) is 8.14. The minimum atomic E-state index is 0.112. The first-order valence-electron chi connectivity index (χ1n) is 4.64. The second-order valence-electron chi connectivity index (χ2n) is 3.39. The Morgan fingerprint density at radius 3 is 3.21 bits per heavy atom. The summed E-state index contributed by atoms with van der Waals surface area (Å²) in [6.45, 7) is 1.24. The molecule has 0 amide bonds. The number of aliphatic hydroxyl groups excluding tert-OH is 1. The molecule has 1 aliphatic heterocycles. The van der Waals surface area contributed by atoms with E-state index in [2.05, 4.69) is 16.9 Å². The number of aromatic nitrogens is 1. The molecule has 78 valence electrons. The molecule has 1 atom stereocenters. The van der Waals surface area contributed by atoms with Gasteiger partial charge in [-0.1, -0.05) is 0 Å². The van der Waals surface area contributed by atoms with Crippen molar-refractivity contribution in [3.8, 4) is 0 Å². The van der Waals surface area contributed by atoms with Gasteiger partial charge in [-0.25, -0.2) is 4.98 Å². The van der Waals surface area contributed by atoms with Crippen LogP contribution in [0.4, 0.5) is 0 Å². The Morgan fingerprint density at radius 2 is 2.57 bits per heavy atom. The number of nitrogens with zero attached hydrogens (tertiary/aromatic N) is 2. The third-order valence-corrected chi connectivity index (χ3v) is 4.51. The maximum absolute atomic E-state index is 8.97. The monoisotopic (exact) mass is 230 g/mol. The van der Waals surface area contributed by atoms with Gasteiger partial charge in [-0.05, 0) is 7.05 Å². The second kappa shape index (κ2) is 4.61. The van der Waals surface area contributed by atoms with Crippen molar-refractivity contribution in [1.29, 1.82) is 0 Å². The summed E-state index contributed by atoms with van der Waals surface area (Å²) in [5, 5.41) is 10.1. The van der Waals surface area contributed by atoms with E-state index in [0.29, 0.717) is 6.04 Å². The van der Waals surface area contributed by atoms with Gasteiger partial charge < -0.3 is 5.11 Å². The quantitative estimate of drug-likeness (QED) is 0.832. The molecule has 0 bridgehead atoms. The average Bonchev–Trinajstić information content (AvgIpc) is 2.67. The largest absolute Gasteiger partial charge is 0.391 e. The Bertz CT molecular complexity index is 303. The Hall–Kier alpha value is -0.100. The lowest BCUT2D eigenvalue weighted by atomic mass is 10.3. The molecule has 1 aliphatic rings. The molecular weight excluding hydrogens is 216 g/mol. The van der Waals surface area contributed by atoms with Crippen LogP contribution in [0.2, 0.25) is 0 Å². The fourth-order valence-electron chi connectivity index (χ4n) is 1.50. The van der Waals surface area contributed by atoms with Gasteiger partial charge in [0.05, 0.1) is 17.5 Å². The molecule has 1 saturated heterocycles. The van der Waals surface area contributed by atoms with E-state index in [-0.39, 0.29) is 6.61 Å². The van der Waals surface area contributed by atoms with Gasteiger partial charge in [0.25, 0.3) is 0 Å². The highest BCUT2D eigenvalue weighted by molar-refractivity contribution is 7.99. The normalized spacial score (nSPS) is 24.0. The first kappa shape index (κ1) is 10.4. The van der Waals surface area contributed by atoms with Gasteiger partial charge in [0.2, 0.25) is 0 Å². The molecule has 1 N–H and O–H groups in total. The molecule has 0 aliphatic carbocycles. The van der Waals surface area contributed by atoms with Gasteiger partial charge in [0.1, 0.15) is 5.01 Å². The molecule has 5 heteroatoms. The molecule has 2 rings (SSSR count). The van der Waals surface area contributed by atoms with Crippen LogP contribution in [0.3, 0.4) is 0 Å². The fourth-order valence-corrected chi connectivity index (χ4v) is 3.76. The minimum absolute atomic E-state index is 0.112. The standard InChI is InChI=1S/C9H14N2OS2/c1-11-2-3-13-6-8(11)9-10-4-7(5-12)14-9/h4,8,12H,2-3,5-6H2,1H3. The number of thioether (sulfide) groups is 1. The molecule has 2 heterocycles. The predicted octanol–water partition coefficient (Wildman–Crippen LogP) is 1.36. The summed E-state index contributed by atoms with van der Waals surface area (Å²) in [5.41, 5.74) is 0. The highest BCUT2D eigenvalue weighted by atomic mass is 32.2. The van der Waals surface area contributed by atoms with Gasteiger partial charge >= 0.3 is 0 Å². The predicted molar refractivity (Wildman–Crippen MR) is 60.7 cm³/mol. The van der Waals surface area contributed by atoms with Crippen molar-refractivity contribution in [2.45, 2.75) is 12.6 Å². The summed E-state index contributed by atoms with van der Waals surface area (Å²) in [6.07, 6.45) is 1.78. The Balaban J connectivity index is 2.12. The average molecular weight is 230 g/mol. The maximum atomic E-state index is 8.97. The number of hydrogen-bond donors (Lipinski definition) is 1. The third-order valence-electron chi connectivity index (χ3n) is 2.41. The molecule has 1 aromatic rings. The zero-order chi connectivity index (χ0) is 9.97. The van der Waals surface area contributed by atoms with Crippen molar-refractivity contribution in [3.05, 3.63) is 16.1 Å². The molecule has 1 unspecified atom stereocenters. The van der Waals surface area contributed by atoms with Crippen molar-refractivity contribution in [2.75, 3.05) is 25.1 Å². The van der Waals surface area contributed by atoms with Crippen molar-refractivity contribution in [3.63, 3.8) is 0 Å². The van der Waals surface area contributed by atoms with E-state index < -0.39 is 0 Å². The van der Waals surface area contributed by atoms with Gasteiger partial charge in [0, 0.05) is 24.2 Å². The van der Waals surface area contributed by atoms with E-state index in [1.165, 1.54) is 5.75 Å². The van der Waals surface area contributed by atoms with Crippen LogP contribution in [0, 0.1) is 0 Å². The number of aliphatic hydroxyl groups is 1. The molecule has 0 aromatic carbocycles. The smallest absolute Gasteiger partial charge is 0.111 e. The van der Waals surface area contributed by atoms with E-state index in [1.807, 2.05) is 11.8 Å². The minimum Gasteiger partial charge on any atom is -0.391 e. The zero-order valence-corrected chi connectivity index (χ0v) is 9.77. The van der Waals surface area contributed by atoms with Gasteiger partial charge in [-0.3, -0.25) is 4.90 Å². The third kappa shape index (κ3) is 2.11. The van der Waals surface area contributed by atoms with Crippen LogP contribution in [-0.4, -0.2) is 40.1 Å². The first-order chi connectivity index (χ1) is 6.81. The van der Waals surface area contributed by atoms with Crippen LogP contribution in [-0.2, 0) is 6.61 Å². The SMILES string of the molecule is CN1CCSCC1c1ncc(CO)s1. The summed E-state index contributed by atoms with van der Waals surface area (Å²) in [4.78, 5) is 7.67. The van der Waals surface area contributed by atoms with E-state index in [0.717, 1.165) is 22.2 Å². The van der Waals surface area contributed by atoms with Gasteiger partial charge in [-0.2, -0.15) is 11.8 Å². The van der Waals surface area contributed by atoms with E-state index in [4.69, 9.17) is 5.11 Å². The summed E-state index contributed by atoms with van der Waals surface area (Å²) in [7, 11) is 2.14. The summed E-state index contributed by atoms with van der Waals surface area (Å²) < 4.78 is 0. The lowest BCUT2D eigenvalue weighted by molar-refractivity contribution is 0.274. The molecule has 3 nitrogen and oxygen atoms in total. The summed E-state index contributed by atoms with van der Waals surface area (Å²) in [5.74, 6) is 2.33. The second-order valence-corrected chi connectivity index (χ2v) is 5.69. The molecule has 0 saturated carbocycles. The lowest BCUT2D eigenvalue weighted by Crippen LogP contribution is -2.32. The van der Waals surface area contributed by atoms with Crippen LogP contribution >= 0.6 is 23.1 Å². The molecule has 1 aromatic heterocycles. The Kier molecular flexibility index (Phi) is 3.43. The molecule has 0 spiro atoms. The van der Waals surface area contributed by atoms with Crippen LogP contribution in [0.5, 0.6) is 0 Å². The number of rotatable bonds is 2. The summed E-state index contributed by atoms with van der Waals surface area (Å²) >= 11 is 3.61. The topological polar surface area (TPSA) is 36.4 Å². The van der Waals surface area contributed by atoms with Crippen molar-refractivity contribution in [2.24, 2.45) is 0 Å². The van der Waals surface area contributed by atoms with Gasteiger partial charge in [-0.15, -0.1) is 11.3 Å². The highest BCUT2D eigenvalue weighted by Gasteiger charge is 2.23. The Morgan fingerprint density at radius 1 is 1.71 bits per heavy atom. The molecule has 14 heavy (non-hydrogen) atoms. The van der Waals surface area contributed by atoms with E-state index in [1.54, 1.807) is 17.5 Å². The fraction of sp³-hybridized carbons (Fsp3) is 0.667. The molecule has 1 fully saturated rings. The first-order valence-corrected chi connectivity index (χ1v) is 6.62. The van der Waals surface area contributed by atoms with Crippen LogP contribution < -0.4 is 0 Å². The van der Waals surface area contributed by atoms with E-state index >= 15 is 0 Å². The molecule has 0 radical (unpaired) electrons. The van der Waals surface area contributed by atoms with Crippen molar-refractivity contribution >= 4 is 23.1 Å². The van der Waals surface area contributed by atoms with E-state index in [9.17, 15) is 0 Å². The highest BCUT2D eigenvalue weighted by Crippen LogP contribution is 2.30. The maximum Gasteiger partial charge on any atom is 0.111 e. The van der Waals surface area contributed by atoms with Crippen LogP contribution in [0.1, 0.15) is 15.9 Å². The van der Waals surface area contributed by atoms with Crippen LogP contribution in [0.15, 0.2) is 6.20 Å². The van der Waals surface area contributed by atoms with Crippen molar-refractivity contribution in [1.82, 2.24) is 9.88 Å². The molecular formula is C9H14N2OS2. The van der Waals surface area contributed by atoms with Crippen LogP contribution in [0.25, 0.3) is 0 Å². The number of thiazole rings is 1. The van der Waals surface area contributed by atoms with Crippen molar-refractivity contribution < 1.29 is 5.11 Å². The Labute approximate surface area is 92.2 Å². The summed E-state index contributed by atoms with van der Waals surface area (Å²) in [6, 6.07) is 0.444.